The van der Waals surface area contributed by atoms with Crippen LogP contribution in [-0.4, -0.2) is 24.2 Å². The molecule has 0 aliphatic heterocycles. The predicted octanol–water partition coefficient (Wildman–Crippen LogP) is 2.07. The molecular formula is C13H14N2O3. The van der Waals surface area contributed by atoms with Gasteiger partial charge < -0.3 is 14.2 Å². The summed E-state index contributed by atoms with van der Waals surface area (Å²) < 4.78 is 15.7. The highest BCUT2D eigenvalue weighted by molar-refractivity contribution is 5.32. The highest BCUT2D eigenvalue weighted by Crippen LogP contribution is 2.23. The van der Waals surface area contributed by atoms with Crippen molar-refractivity contribution in [3.8, 4) is 17.5 Å². The van der Waals surface area contributed by atoms with E-state index in [4.69, 9.17) is 14.2 Å². The highest BCUT2D eigenvalue weighted by atomic mass is 16.5. The molecule has 0 bridgehead atoms. The van der Waals surface area contributed by atoms with E-state index in [9.17, 15) is 0 Å². The van der Waals surface area contributed by atoms with E-state index >= 15 is 0 Å². The van der Waals surface area contributed by atoms with E-state index in [-0.39, 0.29) is 0 Å². The Labute approximate surface area is 105 Å². The summed E-state index contributed by atoms with van der Waals surface area (Å²) in [4.78, 5) is 8.20. The first-order chi connectivity index (χ1) is 8.83. The van der Waals surface area contributed by atoms with Crippen LogP contribution in [0.1, 0.15) is 5.56 Å². The summed E-state index contributed by atoms with van der Waals surface area (Å²) >= 11 is 0. The van der Waals surface area contributed by atoms with Crippen LogP contribution in [-0.2, 0) is 6.61 Å². The fraction of sp³-hybridized carbons (Fsp3) is 0.231. The topological polar surface area (TPSA) is 53.5 Å². The zero-order chi connectivity index (χ0) is 12.8. The fourth-order valence-corrected chi connectivity index (χ4v) is 1.41. The molecule has 0 aromatic carbocycles. The van der Waals surface area contributed by atoms with Crippen molar-refractivity contribution in [2.24, 2.45) is 0 Å². The van der Waals surface area contributed by atoms with Crippen LogP contribution >= 0.6 is 0 Å². The third kappa shape index (κ3) is 2.88. The number of ether oxygens (including phenoxy) is 3. The molecule has 0 N–H and O–H groups in total. The van der Waals surface area contributed by atoms with E-state index in [0.29, 0.717) is 24.1 Å². The molecule has 0 radical (unpaired) electrons. The molecule has 5 heteroatoms. The van der Waals surface area contributed by atoms with E-state index < -0.39 is 0 Å². The normalized spacial score (nSPS) is 9.89. The second kappa shape index (κ2) is 5.86. The first-order valence-corrected chi connectivity index (χ1v) is 5.44. The molecule has 0 saturated heterocycles. The lowest BCUT2D eigenvalue weighted by molar-refractivity contribution is 0.272. The summed E-state index contributed by atoms with van der Waals surface area (Å²) in [7, 11) is 3.16. The largest absolute Gasteiger partial charge is 0.491 e. The average Bonchev–Trinajstić information content (AvgIpc) is 2.46. The first kappa shape index (κ1) is 12.2. The van der Waals surface area contributed by atoms with Crippen LogP contribution in [0.4, 0.5) is 0 Å². The summed E-state index contributed by atoms with van der Waals surface area (Å²) in [5.74, 6) is 1.66. The van der Waals surface area contributed by atoms with E-state index in [2.05, 4.69) is 9.97 Å². The Bertz CT molecular complexity index is 500. The number of hydrogen-bond acceptors (Lipinski definition) is 5. The number of aromatic nitrogens is 2. The lowest BCUT2D eigenvalue weighted by Gasteiger charge is -2.08. The van der Waals surface area contributed by atoms with Crippen molar-refractivity contribution in [1.82, 2.24) is 9.97 Å². The van der Waals surface area contributed by atoms with Crippen LogP contribution in [0.5, 0.6) is 17.5 Å². The van der Waals surface area contributed by atoms with E-state index in [1.54, 1.807) is 44.8 Å². The molecule has 0 aliphatic carbocycles. The van der Waals surface area contributed by atoms with Gasteiger partial charge in [0.1, 0.15) is 6.61 Å². The van der Waals surface area contributed by atoms with Gasteiger partial charge in [0, 0.05) is 24.0 Å². The quantitative estimate of drug-likeness (QED) is 0.808. The Morgan fingerprint density at radius 2 is 1.94 bits per heavy atom. The van der Waals surface area contributed by atoms with Crippen molar-refractivity contribution in [2.75, 3.05) is 14.2 Å². The smallest absolute Gasteiger partial charge is 0.257 e. The Hall–Kier alpha value is -2.30. The van der Waals surface area contributed by atoms with Crippen molar-refractivity contribution in [3.63, 3.8) is 0 Å². The molecule has 94 valence electrons. The molecule has 0 amide bonds. The van der Waals surface area contributed by atoms with Crippen molar-refractivity contribution in [1.29, 1.82) is 0 Å². The van der Waals surface area contributed by atoms with Crippen LogP contribution in [0.15, 0.2) is 36.7 Å². The maximum atomic E-state index is 5.57. The third-order valence-electron chi connectivity index (χ3n) is 2.34. The van der Waals surface area contributed by atoms with Gasteiger partial charge in [-0.25, -0.2) is 9.97 Å². The minimum absolute atomic E-state index is 0.379. The molecule has 0 unspecified atom stereocenters. The van der Waals surface area contributed by atoms with Gasteiger partial charge in [-0.3, -0.25) is 0 Å². The molecule has 2 aromatic rings. The third-order valence-corrected chi connectivity index (χ3v) is 2.34. The monoisotopic (exact) mass is 246 g/mol. The lowest BCUT2D eigenvalue weighted by Crippen LogP contribution is -2.00. The van der Waals surface area contributed by atoms with Crippen LogP contribution in [0, 0.1) is 0 Å². The number of nitrogens with zero attached hydrogens (tertiary/aromatic N) is 2. The molecular weight excluding hydrogens is 232 g/mol. The number of pyridine rings is 2. The number of hydrogen-bond donors (Lipinski definition) is 0. The molecule has 2 rings (SSSR count). The van der Waals surface area contributed by atoms with Gasteiger partial charge >= 0.3 is 0 Å². The maximum Gasteiger partial charge on any atom is 0.257 e. The van der Waals surface area contributed by atoms with Gasteiger partial charge in [-0.15, -0.1) is 0 Å². The summed E-state index contributed by atoms with van der Waals surface area (Å²) in [6.07, 6.45) is 3.36. The second-order valence-corrected chi connectivity index (χ2v) is 3.51. The number of methoxy groups -OCH3 is 2. The van der Waals surface area contributed by atoms with E-state index in [1.807, 2.05) is 6.07 Å². The van der Waals surface area contributed by atoms with Crippen molar-refractivity contribution in [2.45, 2.75) is 6.61 Å². The van der Waals surface area contributed by atoms with Gasteiger partial charge in [0.05, 0.1) is 14.2 Å². The molecule has 0 spiro atoms. The Kier molecular flexibility index (Phi) is 3.96. The molecule has 0 fully saturated rings. The Morgan fingerprint density at radius 1 is 1.06 bits per heavy atom. The summed E-state index contributed by atoms with van der Waals surface area (Å²) in [5, 5.41) is 0. The molecule has 2 heterocycles. The molecule has 2 aromatic heterocycles. The molecule has 0 atom stereocenters. The molecule has 18 heavy (non-hydrogen) atoms. The Morgan fingerprint density at radius 3 is 2.61 bits per heavy atom. The van der Waals surface area contributed by atoms with Crippen molar-refractivity contribution >= 4 is 0 Å². The van der Waals surface area contributed by atoms with E-state index in [0.717, 1.165) is 5.56 Å². The van der Waals surface area contributed by atoms with Gasteiger partial charge in [-0.05, 0) is 18.2 Å². The zero-order valence-electron chi connectivity index (χ0n) is 10.3. The van der Waals surface area contributed by atoms with Gasteiger partial charge in [0.2, 0.25) is 5.88 Å². The van der Waals surface area contributed by atoms with Gasteiger partial charge in [0.25, 0.3) is 5.88 Å². The van der Waals surface area contributed by atoms with Crippen molar-refractivity contribution < 1.29 is 14.2 Å². The lowest BCUT2D eigenvalue weighted by atomic mass is 10.3. The first-order valence-electron chi connectivity index (χ1n) is 5.44. The molecule has 0 saturated carbocycles. The fourth-order valence-electron chi connectivity index (χ4n) is 1.41. The van der Waals surface area contributed by atoms with Gasteiger partial charge in [-0.2, -0.15) is 0 Å². The van der Waals surface area contributed by atoms with Crippen LogP contribution < -0.4 is 14.2 Å². The standard InChI is InChI=1S/C13H14N2O3/c1-16-11-4-3-7-14-13(11)18-9-10-5-6-12(17-2)15-8-10/h3-8H,9H2,1-2H3. The summed E-state index contributed by atoms with van der Waals surface area (Å²) in [5.41, 5.74) is 0.934. The maximum absolute atomic E-state index is 5.57. The highest BCUT2D eigenvalue weighted by Gasteiger charge is 2.05. The SMILES string of the molecule is COc1ccc(COc2ncccc2OC)cn1. The minimum atomic E-state index is 0.379. The van der Waals surface area contributed by atoms with Crippen LogP contribution in [0.25, 0.3) is 0 Å². The van der Waals surface area contributed by atoms with Gasteiger partial charge in [0.15, 0.2) is 5.75 Å². The summed E-state index contributed by atoms with van der Waals surface area (Å²) in [6.45, 7) is 0.379. The van der Waals surface area contributed by atoms with Crippen LogP contribution in [0.3, 0.4) is 0 Å². The zero-order valence-corrected chi connectivity index (χ0v) is 10.3. The second-order valence-electron chi connectivity index (χ2n) is 3.51. The summed E-state index contributed by atoms with van der Waals surface area (Å²) in [6, 6.07) is 7.27. The number of rotatable bonds is 5. The predicted molar refractivity (Wildman–Crippen MR) is 65.9 cm³/mol. The Balaban J connectivity index is 2.02. The average molecular weight is 246 g/mol. The molecule has 5 nitrogen and oxygen atoms in total. The van der Waals surface area contributed by atoms with Crippen molar-refractivity contribution in [3.05, 3.63) is 42.2 Å². The van der Waals surface area contributed by atoms with Crippen LogP contribution in [0.2, 0.25) is 0 Å². The minimum Gasteiger partial charge on any atom is -0.491 e. The van der Waals surface area contributed by atoms with Gasteiger partial charge in [-0.1, -0.05) is 0 Å². The van der Waals surface area contributed by atoms with E-state index in [1.165, 1.54) is 0 Å². The molecule has 0 aliphatic rings.